The van der Waals surface area contributed by atoms with Crippen LogP contribution in [0, 0.1) is 5.41 Å². The van der Waals surface area contributed by atoms with E-state index in [4.69, 9.17) is 4.74 Å². The summed E-state index contributed by atoms with van der Waals surface area (Å²) >= 11 is 0. The van der Waals surface area contributed by atoms with Crippen molar-refractivity contribution in [2.24, 2.45) is 5.41 Å². The minimum atomic E-state index is -0.110. The fourth-order valence-corrected chi connectivity index (χ4v) is 2.80. The number of carbonyl (C=O) groups is 1. The van der Waals surface area contributed by atoms with Gasteiger partial charge in [0.15, 0.2) is 0 Å². The van der Waals surface area contributed by atoms with Gasteiger partial charge < -0.3 is 15.4 Å². The molecule has 0 atom stereocenters. The summed E-state index contributed by atoms with van der Waals surface area (Å²) in [5, 5.41) is 6.55. The molecule has 2 N–H and O–H groups in total. The molecule has 18 heavy (non-hydrogen) atoms. The summed E-state index contributed by atoms with van der Waals surface area (Å²) in [5.41, 5.74) is -0.110. The fraction of sp³-hybridized carbons (Fsp3) is 0.923. The monoisotopic (exact) mass is 276 g/mol. The van der Waals surface area contributed by atoms with Crippen LogP contribution in [0.15, 0.2) is 0 Å². The Bertz CT molecular complexity index is 264. The van der Waals surface area contributed by atoms with Gasteiger partial charge >= 0.3 is 0 Å². The van der Waals surface area contributed by atoms with Crippen molar-refractivity contribution in [1.29, 1.82) is 0 Å². The van der Waals surface area contributed by atoms with Gasteiger partial charge in [0.1, 0.15) is 0 Å². The van der Waals surface area contributed by atoms with E-state index < -0.39 is 0 Å². The molecule has 0 radical (unpaired) electrons. The van der Waals surface area contributed by atoms with Crippen LogP contribution >= 0.6 is 12.4 Å². The molecule has 1 heterocycles. The zero-order valence-electron chi connectivity index (χ0n) is 11.2. The van der Waals surface area contributed by atoms with Crippen molar-refractivity contribution in [3.63, 3.8) is 0 Å². The number of hydrogen-bond donors (Lipinski definition) is 2. The Labute approximate surface area is 116 Å². The highest BCUT2D eigenvalue weighted by Gasteiger charge is 2.44. The molecule has 1 saturated carbocycles. The molecule has 0 aromatic heterocycles. The molecular weight excluding hydrogens is 252 g/mol. The Morgan fingerprint density at radius 3 is 2.56 bits per heavy atom. The smallest absolute Gasteiger partial charge is 0.226 e. The molecule has 0 unspecified atom stereocenters. The SMILES string of the molecule is COCCC1(C(=O)NC2CCNCC2)CCC1.Cl. The average Bonchev–Trinajstić information content (AvgIpc) is 2.29. The van der Waals surface area contributed by atoms with Crippen LogP contribution in [0.1, 0.15) is 38.5 Å². The minimum absolute atomic E-state index is 0. The second kappa shape index (κ2) is 7.31. The maximum atomic E-state index is 12.3. The minimum Gasteiger partial charge on any atom is -0.385 e. The van der Waals surface area contributed by atoms with E-state index in [2.05, 4.69) is 10.6 Å². The number of hydrogen-bond acceptors (Lipinski definition) is 3. The van der Waals surface area contributed by atoms with Crippen LogP contribution in [-0.2, 0) is 9.53 Å². The van der Waals surface area contributed by atoms with Gasteiger partial charge in [0.2, 0.25) is 5.91 Å². The van der Waals surface area contributed by atoms with Gasteiger partial charge in [-0.15, -0.1) is 12.4 Å². The summed E-state index contributed by atoms with van der Waals surface area (Å²) in [7, 11) is 1.71. The normalized spacial score (nSPS) is 22.7. The lowest BCUT2D eigenvalue weighted by Gasteiger charge is -2.41. The Morgan fingerprint density at radius 1 is 1.39 bits per heavy atom. The summed E-state index contributed by atoms with van der Waals surface area (Å²) in [6, 6.07) is 0.378. The van der Waals surface area contributed by atoms with E-state index in [0.717, 1.165) is 45.2 Å². The van der Waals surface area contributed by atoms with Gasteiger partial charge in [-0.3, -0.25) is 4.79 Å². The van der Waals surface area contributed by atoms with Gasteiger partial charge in [-0.2, -0.15) is 0 Å². The maximum absolute atomic E-state index is 12.3. The van der Waals surface area contributed by atoms with Gasteiger partial charge in [-0.25, -0.2) is 0 Å². The third kappa shape index (κ3) is 3.59. The predicted octanol–water partition coefficient (Wildman–Crippen LogP) is 1.48. The van der Waals surface area contributed by atoms with E-state index >= 15 is 0 Å². The zero-order valence-corrected chi connectivity index (χ0v) is 12.0. The van der Waals surface area contributed by atoms with Gasteiger partial charge in [-0.1, -0.05) is 6.42 Å². The van der Waals surface area contributed by atoms with E-state index in [9.17, 15) is 4.79 Å². The number of nitrogens with one attached hydrogen (secondary N) is 2. The molecule has 2 aliphatic rings. The van der Waals surface area contributed by atoms with E-state index in [1.165, 1.54) is 6.42 Å². The largest absolute Gasteiger partial charge is 0.385 e. The molecule has 106 valence electrons. The van der Waals surface area contributed by atoms with Gasteiger partial charge in [0.25, 0.3) is 0 Å². The Balaban J connectivity index is 0.00000162. The molecule has 1 aliphatic heterocycles. The zero-order chi connectivity index (χ0) is 12.1. The molecule has 0 bridgehead atoms. The Kier molecular flexibility index (Phi) is 6.39. The number of rotatable bonds is 5. The second-order valence-electron chi connectivity index (χ2n) is 5.37. The lowest BCUT2D eigenvalue weighted by molar-refractivity contribution is -0.138. The molecule has 1 aliphatic carbocycles. The van der Waals surface area contributed by atoms with Crippen molar-refractivity contribution < 1.29 is 9.53 Å². The average molecular weight is 277 g/mol. The van der Waals surface area contributed by atoms with Crippen molar-refractivity contribution in [3.05, 3.63) is 0 Å². The molecule has 1 amide bonds. The van der Waals surface area contributed by atoms with E-state index in [0.29, 0.717) is 12.6 Å². The summed E-state index contributed by atoms with van der Waals surface area (Å²) in [4.78, 5) is 12.3. The molecule has 0 aromatic carbocycles. The quantitative estimate of drug-likeness (QED) is 0.800. The van der Waals surface area contributed by atoms with Crippen molar-refractivity contribution in [2.45, 2.75) is 44.6 Å². The molecule has 1 saturated heterocycles. The molecule has 0 spiro atoms. The highest BCUT2D eigenvalue weighted by Crippen LogP contribution is 2.44. The molecule has 4 nitrogen and oxygen atoms in total. The van der Waals surface area contributed by atoms with Crippen LogP contribution in [0.3, 0.4) is 0 Å². The first-order valence-corrected chi connectivity index (χ1v) is 6.77. The number of amides is 1. The number of methoxy groups -OCH3 is 1. The maximum Gasteiger partial charge on any atom is 0.226 e. The van der Waals surface area contributed by atoms with Gasteiger partial charge in [0.05, 0.1) is 5.41 Å². The number of ether oxygens (including phenoxy) is 1. The first kappa shape index (κ1) is 15.7. The number of carbonyl (C=O) groups excluding carboxylic acids is 1. The van der Waals surface area contributed by atoms with Crippen molar-refractivity contribution in [1.82, 2.24) is 10.6 Å². The first-order valence-electron chi connectivity index (χ1n) is 6.77. The third-order valence-electron chi connectivity index (χ3n) is 4.25. The number of piperidine rings is 1. The van der Waals surface area contributed by atoms with E-state index in [1.807, 2.05) is 0 Å². The van der Waals surface area contributed by atoms with Crippen LogP contribution in [-0.4, -0.2) is 38.8 Å². The van der Waals surface area contributed by atoms with E-state index in [-0.39, 0.29) is 23.7 Å². The van der Waals surface area contributed by atoms with Crippen LogP contribution in [0.4, 0.5) is 0 Å². The number of halogens is 1. The van der Waals surface area contributed by atoms with Crippen LogP contribution in [0.2, 0.25) is 0 Å². The molecular formula is C13H25ClN2O2. The van der Waals surface area contributed by atoms with Crippen molar-refractivity contribution in [3.8, 4) is 0 Å². The van der Waals surface area contributed by atoms with Crippen molar-refractivity contribution in [2.75, 3.05) is 26.8 Å². The second-order valence-corrected chi connectivity index (χ2v) is 5.37. The molecule has 2 rings (SSSR count). The summed E-state index contributed by atoms with van der Waals surface area (Å²) in [6.07, 6.45) is 6.25. The van der Waals surface area contributed by atoms with Crippen LogP contribution < -0.4 is 10.6 Å². The lowest BCUT2D eigenvalue weighted by atomic mass is 9.66. The Morgan fingerprint density at radius 2 is 2.06 bits per heavy atom. The predicted molar refractivity (Wildman–Crippen MR) is 74.1 cm³/mol. The Hall–Kier alpha value is -0.320. The fourth-order valence-electron chi connectivity index (χ4n) is 2.80. The third-order valence-corrected chi connectivity index (χ3v) is 4.25. The van der Waals surface area contributed by atoms with Gasteiger partial charge in [0, 0.05) is 19.8 Å². The van der Waals surface area contributed by atoms with Crippen LogP contribution in [0.25, 0.3) is 0 Å². The standard InChI is InChI=1S/C13H24N2O2.ClH/c1-17-10-7-13(5-2-6-13)12(16)15-11-3-8-14-9-4-11;/h11,14H,2-10H2,1H3,(H,15,16);1H. The molecule has 2 fully saturated rings. The topological polar surface area (TPSA) is 50.4 Å². The van der Waals surface area contributed by atoms with Crippen LogP contribution in [0.5, 0.6) is 0 Å². The lowest BCUT2D eigenvalue weighted by Crippen LogP contribution is -2.51. The highest BCUT2D eigenvalue weighted by atomic mass is 35.5. The molecule has 5 heteroatoms. The van der Waals surface area contributed by atoms with Crippen molar-refractivity contribution >= 4 is 18.3 Å². The summed E-state index contributed by atoms with van der Waals surface area (Å²) < 4.78 is 5.12. The molecule has 0 aromatic rings. The highest BCUT2D eigenvalue weighted by molar-refractivity contribution is 5.85. The summed E-state index contributed by atoms with van der Waals surface area (Å²) in [6.45, 7) is 2.74. The van der Waals surface area contributed by atoms with Gasteiger partial charge in [-0.05, 0) is 45.2 Å². The van der Waals surface area contributed by atoms with E-state index in [1.54, 1.807) is 7.11 Å². The summed E-state index contributed by atoms with van der Waals surface area (Å²) in [5.74, 6) is 0.271. The first-order chi connectivity index (χ1) is 8.27.